The van der Waals surface area contributed by atoms with Gasteiger partial charge < -0.3 is 15.2 Å². The highest BCUT2D eigenvalue weighted by Gasteiger charge is 2.18. The van der Waals surface area contributed by atoms with Gasteiger partial charge in [0.25, 0.3) is 0 Å². The third-order valence-corrected chi connectivity index (χ3v) is 2.24. The Hall–Kier alpha value is -1.22. The molecule has 1 unspecified atom stereocenters. The van der Waals surface area contributed by atoms with Gasteiger partial charge in [-0.1, -0.05) is 12.1 Å². The molecule has 3 nitrogen and oxygen atoms in total. The third kappa shape index (κ3) is 1.47. The highest BCUT2D eigenvalue weighted by molar-refractivity contribution is 5.62. The van der Waals surface area contributed by atoms with E-state index in [1.807, 2.05) is 25.1 Å². The second kappa shape index (κ2) is 3.26. The lowest BCUT2D eigenvalue weighted by Crippen LogP contribution is -2.33. The molecule has 0 radical (unpaired) electrons. The highest BCUT2D eigenvalue weighted by Crippen LogP contribution is 2.31. The van der Waals surface area contributed by atoms with Gasteiger partial charge in [-0.15, -0.1) is 0 Å². The van der Waals surface area contributed by atoms with Crippen molar-refractivity contribution in [3.8, 4) is 5.75 Å². The van der Waals surface area contributed by atoms with Crippen LogP contribution in [0.4, 0.5) is 5.69 Å². The molecule has 2 N–H and O–H groups in total. The minimum absolute atomic E-state index is 0.0559. The van der Waals surface area contributed by atoms with Crippen molar-refractivity contribution in [1.82, 2.24) is 0 Å². The number of aliphatic hydroxyl groups is 1. The summed E-state index contributed by atoms with van der Waals surface area (Å²) in [5.74, 6) is 0.838. The quantitative estimate of drug-likeness (QED) is 0.679. The van der Waals surface area contributed by atoms with Gasteiger partial charge in [-0.25, -0.2) is 0 Å². The number of hydrogen-bond donors (Lipinski definition) is 2. The lowest BCUT2D eigenvalue weighted by atomic mass is 10.1. The monoisotopic (exact) mass is 179 g/mol. The summed E-state index contributed by atoms with van der Waals surface area (Å²) in [5, 5.41) is 12.2. The first-order valence-corrected chi connectivity index (χ1v) is 4.42. The lowest BCUT2D eigenvalue weighted by Gasteiger charge is -2.27. The zero-order chi connectivity index (χ0) is 9.26. The fourth-order valence-electron chi connectivity index (χ4n) is 1.50. The maximum atomic E-state index is 8.92. The number of ether oxygens (including phenoxy) is 1. The van der Waals surface area contributed by atoms with Crippen LogP contribution in [0.5, 0.6) is 5.75 Å². The van der Waals surface area contributed by atoms with E-state index in [1.165, 1.54) is 5.56 Å². The standard InChI is InChI=1S/C10H13NO2/c1-7-3-2-4-9-10(7)11-5-8(6-12)13-9/h2-4,8,11-12H,5-6H2,1H3. The van der Waals surface area contributed by atoms with Gasteiger partial charge in [0.15, 0.2) is 0 Å². The van der Waals surface area contributed by atoms with Crippen LogP contribution in [-0.4, -0.2) is 24.4 Å². The Morgan fingerprint density at radius 2 is 2.46 bits per heavy atom. The first-order chi connectivity index (χ1) is 6.31. The molecule has 0 saturated heterocycles. The number of hydrogen-bond acceptors (Lipinski definition) is 3. The van der Waals surface area contributed by atoms with Gasteiger partial charge in [0.05, 0.1) is 18.8 Å². The van der Waals surface area contributed by atoms with Crippen molar-refractivity contribution in [3.05, 3.63) is 23.8 Å². The van der Waals surface area contributed by atoms with E-state index in [-0.39, 0.29) is 12.7 Å². The van der Waals surface area contributed by atoms with Crippen molar-refractivity contribution < 1.29 is 9.84 Å². The Bertz CT molecular complexity index is 312. The molecule has 3 heteroatoms. The SMILES string of the molecule is Cc1cccc2c1NCC(CO)O2. The van der Waals surface area contributed by atoms with Gasteiger partial charge in [-0.05, 0) is 18.6 Å². The van der Waals surface area contributed by atoms with Crippen LogP contribution >= 0.6 is 0 Å². The third-order valence-electron chi connectivity index (χ3n) is 2.24. The van der Waals surface area contributed by atoms with Crippen molar-refractivity contribution in [2.45, 2.75) is 13.0 Å². The number of anilines is 1. The van der Waals surface area contributed by atoms with Gasteiger partial charge >= 0.3 is 0 Å². The van der Waals surface area contributed by atoms with E-state index >= 15 is 0 Å². The molecule has 2 rings (SSSR count). The molecule has 0 bridgehead atoms. The molecule has 0 amide bonds. The van der Waals surface area contributed by atoms with E-state index in [9.17, 15) is 0 Å². The molecular weight excluding hydrogens is 166 g/mol. The van der Waals surface area contributed by atoms with E-state index in [0.29, 0.717) is 6.54 Å². The number of rotatable bonds is 1. The number of benzene rings is 1. The highest BCUT2D eigenvalue weighted by atomic mass is 16.5. The number of nitrogens with one attached hydrogen (secondary N) is 1. The molecule has 0 aliphatic carbocycles. The van der Waals surface area contributed by atoms with Crippen LogP contribution in [0, 0.1) is 6.92 Å². The fourth-order valence-corrected chi connectivity index (χ4v) is 1.50. The Morgan fingerprint density at radius 3 is 3.23 bits per heavy atom. The van der Waals surface area contributed by atoms with Crippen LogP contribution in [0.15, 0.2) is 18.2 Å². The second-order valence-electron chi connectivity index (χ2n) is 3.25. The van der Waals surface area contributed by atoms with E-state index in [2.05, 4.69) is 5.32 Å². The Labute approximate surface area is 77.3 Å². The number of aliphatic hydroxyl groups excluding tert-OH is 1. The van der Waals surface area contributed by atoms with Crippen LogP contribution in [0.25, 0.3) is 0 Å². The summed E-state index contributed by atoms with van der Waals surface area (Å²) in [6, 6.07) is 5.90. The molecule has 13 heavy (non-hydrogen) atoms. The largest absolute Gasteiger partial charge is 0.484 e. The van der Waals surface area contributed by atoms with E-state index in [1.54, 1.807) is 0 Å². The van der Waals surface area contributed by atoms with Gasteiger partial charge in [0, 0.05) is 0 Å². The van der Waals surface area contributed by atoms with Crippen molar-refractivity contribution in [2.24, 2.45) is 0 Å². The molecule has 1 aromatic carbocycles. The normalized spacial score (nSPS) is 20.0. The molecule has 0 fully saturated rings. The van der Waals surface area contributed by atoms with Crippen LogP contribution in [-0.2, 0) is 0 Å². The number of para-hydroxylation sites is 1. The molecule has 1 aliphatic heterocycles. The molecule has 1 heterocycles. The maximum absolute atomic E-state index is 8.92. The van der Waals surface area contributed by atoms with Gasteiger partial charge in [-0.2, -0.15) is 0 Å². The molecule has 0 saturated carbocycles. The topological polar surface area (TPSA) is 41.5 Å². The predicted molar refractivity (Wildman–Crippen MR) is 51.2 cm³/mol. The molecule has 1 aliphatic rings. The van der Waals surface area contributed by atoms with Crippen molar-refractivity contribution in [2.75, 3.05) is 18.5 Å². The second-order valence-corrected chi connectivity index (χ2v) is 3.25. The first-order valence-electron chi connectivity index (χ1n) is 4.42. The van der Waals surface area contributed by atoms with Gasteiger partial charge in [0.2, 0.25) is 0 Å². The maximum Gasteiger partial charge on any atom is 0.143 e. The summed E-state index contributed by atoms with van der Waals surface area (Å²) in [7, 11) is 0. The summed E-state index contributed by atoms with van der Waals surface area (Å²) < 4.78 is 5.55. The molecule has 70 valence electrons. The Kier molecular flexibility index (Phi) is 2.10. The van der Waals surface area contributed by atoms with E-state index in [0.717, 1.165) is 11.4 Å². The van der Waals surface area contributed by atoms with Crippen LogP contribution in [0.3, 0.4) is 0 Å². The summed E-state index contributed by atoms with van der Waals surface area (Å²) in [4.78, 5) is 0. The zero-order valence-corrected chi connectivity index (χ0v) is 7.58. The minimum Gasteiger partial charge on any atom is -0.484 e. The van der Waals surface area contributed by atoms with Crippen LogP contribution in [0.2, 0.25) is 0 Å². The van der Waals surface area contributed by atoms with E-state index < -0.39 is 0 Å². The van der Waals surface area contributed by atoms with Crippen molar-refractivity contribution in [3.63, 3.8) is 0 Å². The average Bonchev–Trinajstić information content (AvgIpc) is 2.18. The molecular formula is C10H13NO2. The molecule has 1 aromatic rings. The van der Waals surface area contributed by atoms with Crippen LogP contribution in [0.1, 0.15) is 5.56 Å². The van der Waals surface area contributed by atoms with E-state index in [4.69, 9.17) is 9.84 Å². The Morgan fingerprint density at radius 1 is 1.62 bits per heavy atom. The summed E-state index contributed by atoms with van der Waals surface area (Å²) in [5.41, 5.74) is 2.22. The molecule has 1 atom stereocenters. The smallest absolute Gasteiger partial charge is 0.143 e. The fraction of sp³-hybridized carbons (Fsp3) is 0.400. The van der Waals surface area contributed by atoms with Crippen LogP contribution < -0.4 is 10.1 Å². The van der Waals surface area contributed by atoms with Gasteiger partial charge in [0.1, 0.15) is 11.9 Å². The van der Waals surface area contributed by atoms with Crippen molar-refractivity contribution in [1.29, 1.82) is 0 Å². The molecule has 0 spiro atoms. The van der Waals surface area contributed by atoms with Crippen molar-refractivity contribution >= 4 is 5.69 Å². The minimum atomic E-state index is -0.116. The average molecular weight is 179 g/mol. The molecule has 0 aromatic heterocycles. The Balaban J connectivity index is 2.31. The lowest BCUT2D eigenvalue weighted by molar-refractivity contribution is 0.120. The summed E-state index contributed by atoms with van der Waals surface area (Å²) in [6.07, 6.45) is -0.116. The summed E-state index contributed by atoms with van der Waals surface area (Å²) >= 11 is 0. The zero-order valence-electron chi connectivity index (χ0n) is 7.58. The number of aryl methyl sites for hydroxylation is 1. The van der Waals surface area contributed by atoms with Gasteiger partial charge in [-0.3, -0.25) is 0 Å². The predicted octanol–water partition coefficient (Wildman–Crippen LogP) is 1.16. The summed E-state index contributed by atoms with van der Waals surface area (Å²) in [6.45, 7) is 2.77. The number of fused-ring (bicyclic) bond motifs is 1. The first kappa shape index (κ1) is 8.38.